The molecule has 2 unspecified atom stereocenters. The van der Waals surface area contributed by atoms with Crippen LogP contribution in [0.2, 0.25) is 5.02 Å². The second kappa shape index (κ2) is 18.5. The van der Waals surface area contributed by atoms with Gasteiger partial charge in [-0.05, 0) is 80.9 Å². The minimum atomic E-state index is -0.743. The van der Waals surface area contributed by atoms with Gasteiger partial charge in [0.25, 0.3) is 0 Å². The topological polar surface area (TPSA) is 45.3 Å². The fourth-order valence-corrected chi connectivity index (χ4v) is 8.80. The monoisotopic (exact) mass is 697 g/mol. The Morgan fingerprint density at radius 1 is 0.830 bits per heavy atom. The molecule has 2 atom stereocenters. The largest absolute Gasteiger partial charge is 0.454 e. The second-order valence-electron chi connectivity index (χ2n) is 12.9. The molecular formula is C38H52ClN3O3S2. The first-order valence-corrected chi connectivity index (χ1v) is 20.0. The molecule has 3 aromatic carbocycles. The molecule has 3 aliphatic rings. The normalized spacial score (nSPS) is 17.0. The molecule has 3 aromatic rings. The molecule has 3 heterocycles. The van der Waals surface area contributed by atoms with Crippen LogP contribution < -0.4 is 14.4 Å². The van der Waals surface area contributed by atoms with Gasteiger partial charge in [-0.25, -0.2) is 0 Å². The Labute approximate surface area is 294 Å². The van der Waals surface area contributed by atoms with Gasteiger partial charge in [-0.2, -0.15) is 0 Å². The lowest BCUT2D eigenvalue weighted by Gasteiger charge is -2.35. The number of nitrogens with zero attached hydrogens (tertiary/aromatic N) is 3. The summed E-state index contributed by atoms with van der Waals surface area (Å²) in [6.07, 6.45) is 9.48. The fourth-order valence-electron chi connectivity index (χ4n) is 6.29. The van der Waals surface area contributed by atoms with E-state index in [9.17, 15) is 4.21 Å². The number of hydrogen-bond acceptors (Lipinski definition) is 7. The Hall–Kier alpha value is -2.23. The molecule has 0 spiro atoms. The molecule has 0 bridgehead atoms. The number of anilines is 2. The van der Waals surface area contributed by atoms with Crippen LogP contribution in [0.25, 0.3) is 0 Å². The van der Waals surface area contributed by atoms with E-state index in [1.54, 1.807) is 0 Å². The van der Waals surface area contributed by atoms with Crippen molar-refractivity contribution in [3.8, 4) is 11.5 Å². The summed E-state index contributed by atoms with van der Waals surface area (Å²) in [6.45, 7) is 11.5. The number of hydrogen-bond donors (Lipinski definition) is 0. The van der Waals surface area contributed by atoms with Gasteiger partial charge >= 0.3 is 0 Å². The quantitative estimate of drug-likeness (QED) is 0.156. The summed E-state index contributed by atoms with van der Waals surface area (Å²) >= 11 is 8.13. The van der Waals surface area contributed by atoms with Gasteiger partial charge in [-0.1, -0.05) is 87.5 Å². The molecule has 1 saturated heterocycles. The van der Waals surface area contributed by atoms with Gasteiger partial charge in [0.05, 0.1) is 11.4 Å². The van der Waals surface area contributed by atoms with Crippen molar-refractivity contribution >= 4 is 45.5 Å². The van der Waals surface area contributed by atoms with Gasteiger partial charge in [0.15, 0.2) is 11.5 Å². The highest BCUT2D eigenvalue weighted by molar-refractivity contribution is 7.99. The summed E-state index contributed by atoms with van der Waals surface area (Å²) in [5.74, 6) is 2.45. The number of para-hydroxylation sites is 1. The van der Waals surface area contributed by atoms with E-state index in [1.807, 2.05) is 36.0 Å². The highest BCUT2D eigenvalue weighted by atomic mass is 35.5. The zero-order valence-corrected chi connectivity index (χ0v) is 30.8. The summed E-state index contributed by atoms with van der Waals surface area (Å²) in [7, 11) is 1.47. The summed E-state index contributed by atoms with van der Waals surface area (Å²) in [5.41, 5.74) is 3.73. The van der Waals surface area contributed by atoms with Crippen LogP contribution in [0.5, 0.6) is 11.5 Å². The third-order valence-corrected chi connectivity index (χ3v) is 12.3. The maximum atomic E-state index is 12.3. The predicted octanol–water partition coefficient (Wildman–Crippen LogP) is 9.04. The van der Waals surface area contributed by atoms with Crippen LogP contribution in [-0.4, -0.2) is 78.1 Å². The first kappa shape index (κ1) is 36.1. The maximum Gasteiger partial charge on any atom is 0.231 e. The smallest absolute Gasteiger partial charge is 0.231 e. The van der Waals surface area contributed by atoms with Crippen LogP contribution in [0.3, 0.4) is 0 Å². The average Bonchev–Trinajstić information content (AvgIpc) is 3.55. The van der Waals surface area contributed by atoms with E-state index in [4.69, 9.17) is 21.1 Å². The summed E-state index contributed by atoms with van der Waals surface area (Å²) in [4.78, 5) is 10.1. The van der Waals surface area contributed by atoms with E-state index in [2.05, 4.69) is 72.0 Å². The molecule has 0 saturated carbocycles. The van der Waals surface area contributed by atoms with Crippen LogP contribution in [0.4, 0.5) is 11.4 Å². The third-order valence-electron chi connectivity index (χ3n) is 9.15. The minimum Gasteiger partial charge on any atom is -0.454 e. The first-order valence-electron chi connectivity index (χ1n) is 17.4. The Morgan fingerprint density at radius 3 is 2.40 bits per heavy atom. The van der Waals surface area contributed by atoms with Crippen LogP contribution in [0, 0.1) is 0 Å². The minimum absolute atomic E-state index is 0.191. The maximum absolute atomic E-state index is 12.3. The van der Waals surface area contributed by atoms with E-state index in [0.29, 0.717) is 6.79 Å². The highest BCUT2D eigenvalue weighted by Crippen LogP contribution is 2.48. The number of likely N-dealkylation sites (N-methyl/N-ethyl adjacent to an activating group) is 1. The fraction of sp³-hybridized carbons (Fsp3) is 0.526. The van der Waals surface area contributed by atoms with Gasteiger partial charge in [0.2, 0.25) is 6.79 Å². The van der Waals surface area contributed by atoms with Gasteiger partial charge in [0, 0.05) is 69.3 Å². The second-order valence-corrected chi connectivity index (χ2v) is 16.4. The van der Waals surface area contributed by atoms with Crippen molar-refractivity contribution in [1.82, 2.24) is 9.80 Å². The zero-order valence-electron chi connectivity index (χ0n) is 28.4. The Balaban J connectivity index is 0.000000186. The summed E-state index contributed by atoms with van der Waals surface area (Å²) in [6, 6.07) is 20.9. The molecule has 256 valence electrons. The Morgan fingerprint density at radius 2 is 1.57 bits per heavy atom. The van der Waals surface area contributed by atoms with Gasteiger partial charge < -0.3 is 24.2 Å². The van der Waals surface area contributed by atoms with Crippen LogP contribution in [0.15, 0.2) is 70.5 Å². The van der Waals surface area contributed by atoms with Crippen molar-refractivity contribution in [2.24, 2.45) is 0 Å². The van der Waals surface area contributed by atoms with Crippen molar-refractivity contribution < 1.29 is 13.7 Å². The Bertz CT molecular complexity index is 1450. The number of fused-ring (bicyclic) bond motifs is 3. The number of rotatable bonds is 14. The molecule has 0 N–H and O–H groups in total. The van der Waals surface area contributed by atoms with E-state index in [-0.39, 0.29) is 5.25 Å². The van der Waals surface area contributed by atoms with Gasteiger partial charge in [0.1, 0.15) is 0 Å². The van der Waals surface area contributed by atoms with Crippen LogP contribution in [-0.2, 0) is 17.2 Å². The predicted molar refractivity (Wildman–Crippen MR) is 200 cm³/mol. The molecule has 6 nitrogen and oxygen atoms in total. The van der Waals surface area contributed by atoms with E-state index < -0.39 is 10.8 Å². The molecule has 0 radical (unpaired) electrons. The lowest BCUT2D eigenvalue weighted by molar-refractivity contribution is 0.153. The van der Waals surface area contributed by atoms with Crippen LogP contribution in [0.1, 0.15) is 64.4 Å². The molecule has 0 aromatic heterocycles. The molecule has 47 heavy (non-hydrogen) atoms. The molecule has 9 heteroatoms. The lowest BCUT2D eigenvalue weighted by Crippen LogP contribution is -2.45. The average molecular weight is 698 g/mol. The highest BCUT2D eigenvalue weighted by Gasteiger charge is 2.24. The summed E-state index contributed by atoms with van der Waals surface area (Å²) < 4.78 is 23.0. The van der Waals surface area contributed by atoms with Crippen LogP contribution >= 0.6 is 23.4 Å². The number of halogens is 1. The summed E-state index contributed by atoms with van der Waals surface area (Å²) in [5, 5.41) is 0.999. The molecule has 0 amide bonds. The van der Waals surface area contributed by atoms with Gasteiger partial charge in [-0.3, -0.25) is 4.21 Å². The van der Waals surface area contributed by atoms with E-state index in [1.165, 1.54) is 85.0 Å². The number of benzene rings is 3. The molecule has 6 rings (SSSR count). The van der Waals surface area contributed by atoms with Crippen molar-refractivity contribution in [3.05, 3.63) is 71.2 Å². The van der Waals surface area contributed by atoms with Gasteiger partial charge in [-0.15, -0.1) is 0 Å². The number of piperazine rings is 1. The Kier molecular flexibility index (Phi) is 14.2. The zero-order chi connectivity index (χ0) is 33.0. The van der Waals surface area contributed by atoms with E-state index in [0.717, 1.165) is 54.6 Å². The molecule has 1 fully saturated rings. The lowest BCUT2D eigenvalue weighted by atomic mass is 10.1. The number of ether oxygens (including phenoxy) is 2. The standard InChI is InChI=1S/C20H24ClN3S.C18H28O3S/c1-22-11-13-23(14-12-22)9-4-10-24-17-5-2-3-6-19(17)25-20-8-7-16(21)15-18(20)24;1-3-4-5-6-7-8-11-22(19)15(2)12-16-9-10-17-18(13-16)21-14-20-17/h2-3,5-8,15H,4,9-14H2,1H3;9-10,13,15H,3-8,11-12,14H2,1-2H3. The van der Waals surface area contributed by atoms with E-state index >= 15 is 0 Å². The third kappa shape index (κ3) is 10.6. The van der Waals surface area contributed by atoms with Crippen molar-refractivity contribution in [3.63, 3.8) is 0 Å². The van der Waals surface area contributed by atoms with Crippen molar-refractivity contribution in [2.45, 2.75) is 80.3 Å². The molecular weight excluding hydrogens is 646 g/mol. The SMILES string of the molecule is CCCCCCCCS(=O)C(C)Cc1ccc2c(c1)OCO2.CN1CCN(CCCN2c3ccccc3Sc3ccc(Cl)cc32)CC1. The molecule has 3 aliphatic heterocycles. The first-order chi connectivity index (χ1) is 22.9. The van der Waals surface area contributed by atoms with Crippen molar-refractivity contribution in [2.75, 3.05) is 63.8 Å². The van der Waals surface area contributed by atoms with Crippen molar-refractivity contribution in [1.29, 1.82) is 0 Å². The number of unbranched alkanes of at least 4 members (excludes halogenated alkanes) is 5. The molecule has 0 aliphatic carbocycles.